The molecule has 0 amide bonds. The maximum Gasteiger partial charge on any atom is 0.174 e. The van der Waals surface area contributed by atoms with Crippen LogP contribution in [0.15, 0.2) is 42.0 Å². The molecule has 0 fully saturated rings. The first-order chi connectivity index (χ1) is 14.2. The van der Waals surface area contributed by atoms with Crippen LogP contribution in [0.4, 0.5) is 0 Å². The van der Waals surface area contributed by atoms with Crippen LogP contribution in [0.5, 0.6) is 23.0 Å². The number of hydrogen-bond donors (Lipinski definition) is 2. The number of rotatable bonds is 3. The maximum absolute atomic E-state index is 12.9. The van der Waals surface area contributed by atoms with Crippen molar-refractivity contribution >= 4 is 11.9 Å². The van der Waals surface area contributed by atoms with E-state index < -0.39 is 11.7 Å². The predicted molar refractivity (Wildman–Crippen MR) is 115 cm³/mol. The average Bonchev–Trinajstić information content (AvgIpc) is 2.65. The molecule has 0 aliphatic carbocycles. The smallest absolute Gasteiger partial charge is 0.174 e. The zero-order chi connectivity index (χ0) is 21.6. The minimum Gasteiger partial charge on any atom is -0.507 e. The summed E-state index contributed by atoms with van der Waals surface area (Å²) < 4.78 is 12.2. The first kappa shape index (κ1) is 20.1. The molecule has 2 N–H and O–H groups in total. The summed E-state index contributed by atoms with van der Waals surface area (Å²) in [7, 11) is 0. The highest BCUT2D eigenvalue weighted by molar-refractivity contribution is 6.04. The average molecular weight is 406 g/mol. The summed E-state index contributed by atoms with van der Waals surface area (Å²) in [5.41, 5.74) is 2.77. The first-order valence-corrected chi connectivity index (χ1v) is 10.1. The van der Waals surface area contributed by atoms with Crippen molar-refractivity contribution in [3.63, 3.8) is 0 Å². The molecule has 0 aromatic heterocycles. The topological polar surface area (TPSA) is 76.0 Å². The van der Waals surface area contributed by atoms with Crippen molar-refractivity contribution in [2.45, 2.75) is 52.2 Å². The van der Waals surface area contributed by atoms with Crippen LogP contribution >= 0.6 is 0 Å². The van der Waals surface area contributed by atoms with E-state index in [4.69, 9.17) is 9.47 Å². The Balaban J connectivity index is 1.76. The van der Waals surface area contributed by atoms with Gasteiger partial charge in [-0.25, -0.2) is 0 Å². The van der Waals surface area contributed by atoms with Crippen molar-refractivity contribution in [2.24, 2.45) is 0 Å². The van der Waals surface area contributed by atoms with Crippen LogP contribution in [0.25, 0.3) is 6.08 Å². The number of carbonyl (C=O) groups excluding carboxylic acids is 1. The monoisotopic (exact) mass is 406 g/mol. The molecule has 5 nitrogen and oxygen atoms in total. The van der Waals surface area contributed by atoms with Crippen LogP contribution in [0.3, 0.4) is 0 Å². The number of para-hydroxylation sites is 1. The van der Waals surface area contributed by atoms with Gasteiger partial charge in [-0.05, 0) is 51.8 Å². The molecule has 2 aliphatic rings. The van der Waals surface area contributed by atoms with Crippen LogP contribution in [0.2, 0.25) is 0 Å². The Morgan fingerprint density at radius 3 is 2.77 bits per heavy atom. The largest absolute Gasteiger partial charge is 0.507 e. The number of fused-ring (bicyclic) bond motifs is 3. The maximum atomic E-state index is 12.9. The molecule has 5 heteroatoms. The second-order valence-corrected chi connectivity index (χ2v) is 8.62. The molecule has 0 saturated carbocycles. The molecule has 30 heavy (non-hydrogen) atoms. The van der Waals surface area contributed by atoms with Gasteiger partial charge >= 0.3 is 0 Å². The minimum absolute atomic E-state index is 0.0368. The molecular weight excluding hydrogens is 380 g/mol. The number of aromatic hydroxyl groups is 2. The molecule has 2 aromatic carbocycles. The van der Waals surface area contributed by atoms with Crippen molar-refractivity contribution in [3.8, 4) is 23.0 Å². The third kappa shape index (κ3) is 3.56. The van der Waals surface area contributed by atoms with Gasteiger partial charge in [-0.15, -0.1) is 0 Å². The van der Waals surface area contributed by atoms with Gasteiger partial charge in [-0.1, -0.05) is 29.8 Å². The second kappa shape index (κ2) is 7.24. The van der Waals surface area contributed by atoms with E-state index in [2.05, 4.69) is 0 Å². The lowest BCUT2D eigenvalue weighted by Gasteiger charge is -2.33. The fourth-order valence-electron chi connectivity index (χ4n) is 3.85. The van der Waals surface area contributed by atoms with Gasteiger partial charge in [0.05, 0.1) is 12.0 Å². The highest BCUT2D eigenvalue weighted by atomic mass is 16.5. The van der Waals surface area contributed by atoms with E-state index in [1.807, 2.05) is 58.1 Å². The van der Waals surface area contributed by atoms with Crippen molar-refractivity contribution in [2.75, 3.05) is 0 Å². The van der Waals surface area contributed by atoms with Crippen LogP contribution < -0.4 is 9.47 Å². The van der Waals surface area contributed by atoms with E-state index in [1.54, 1.807) is 6.07 Å². The van der Waals surface area contributed by atoms with E-state index in [-0.39, 0.29) is 29.3 Å². The zero-order valence-electron chi connectivity index (χ0n) is 17.7. The summed E-state index contributed by atoms with van der Waals surface area (Å²) in [6.45, 7) is 7.84. The molecule has 4 rings (SSSR count). The number of hydrogen-bond acceptors (Lipinski definition) is 5. The fourth-order valence-corrected chi connectivity index (χ4v) is 3.85. The van der Waals surface area contributed by atoms with E-state index in [9.17, 15) is 15.0 Å². The first-order valence-electron chi connectivity index (χ1n) is 10.1. The van der Waals surface area contributed by atoms with Crippen molar-refractivity contribution in [1.29, 1.82) is 0 Å². The number of benzene rings is 2. The molecule has 2 aliphatic heterocycles. The number of ketones is 1. The van der Waals surface area contributed by atoms with Gasteiger partial charge in [-0.2, -0.15) is 0 Å². The number of phenolic OH excluding ortho intramolecular Hbond substituents is 2. The molecule has 0 saturated heterocycles. The minimum atomic E-state index is -0.647. The van der Waals surface area contributed by atoms with E-state index >= 15 is 0 Å². The van der Waals surface area contributed by atoms with Gasteiger partial charge in [0.15, 0.2) is 5.78 Å². The van der Waals surface area contributed by atoms with Gasteiger partial charge in [0.25, 0.3) is 0 Å². The summed E-state index contributed by atoms with van der Waals surface area (Å²) in [6, 6.07) is 6.97. The SMILES string of the molecule is CC(C)=CCc1cccc(C2CC(=O)c3c(O)cc4c(c3O2)C=CC(C)(C)O4)c1O. The van der Waals surface area contributed by atoms with Crippen molar-refractivity contribution < 1.29 is 24.5 Å². The van der Waals surface area contributed by atoms with Crippen molar-refractivity contribution in [3.05, 3.63) is 64.2 Å². The Kier molecular flexibility index (Phi) is 4.85. The number of Topliss-reactive ketones (excluding diaryl/α,β-unsaturated/α-hetero) is 1. The Hall–Kier alpha value is -3.21. The second-order valence-electron chi connectivity index (χ2n) is 8.62. The predicted octanol–water partition coefficient (Wildman–Crippen LogP) is 5.50. The Labute approximate surface area is 176 Å². The van der Waals surface area contributed by atoms with Crippen LogP contribution in [-0.2, 0) is 6.42 Å². The fraction of sp³-hybridized carbons (Fsp3) is 0.320. The molecule has 1 atom stereocenters. The van der Waals surface area contributed by atoms with E-state index in [0.29, 0.717) is 29.0 Å². The Morgan fingerprint density at radius 1 is 1.27 bits per heavy atom. The van der Waals surface area contributed by atoms with E-state index in [0.717, 1.165) is 11.1 Å². The van der Waals surface area contributed by atoms with Gasteiger partial charge in [0.1, 0.15) is 40.3 Å². The Morgan fingerprint density at radius 2 is 2.03 bits per heavy atom. The zero-order valence-corrected chi connectivity index (χ0v) is 17.7. The molecule has 156 valence electrons. The molecule has 0 bridgehead atoms. The molecule has 0 spiro atoms. The Bertz CT molecular complexity index is 1090. The van der Waals surface area contributed by atoms with Gasteiger partial charge in [0.2, 0.25) is 0 Å². The molecule has 0 radical (unpaired) electrons. The van der Waals surface area contributed by atoms with Crippen LogP contribution in [0.1, 0.15) is 67.3 Å². The molecule has 1 unspecified atom stereocenters. The molecule has 2 aromatic rings. The molecular formula is C25H26O5. The lowest BCUT2D eigenvalue weighted by atomic mass is 9.90. The summed E-state index contributed by atoms with van der Waals surface area (Å²) in [4.78, 5) is 12.9. The lowest BCUT2D eigenvalue weighted by Crippen LogP contribution is -2.29. The standard InChI is InChI=1S/C25H26O5/c1-14(2)8-9-15-6-5-7-16(23(15)28)20-12-18(26)22-19(27)13-21-17(24(22)29-20)10-11-25(3,4)30-21/h5-8,10-11,13,20,27-28H,9,12H2,1-4H3. The van der Waals surface area contributed by atoms with Gasteiger partial charge in [-0.3, -0.25) is 4.79 Å². The summed E-state index contributed by atoms with van der Waals surface area (Å²) in [5.74, 6) is 0.521. The summed E-state index contributed by atoms with van der Waals surface area (Å²) in [5, 5.41) is 21.3. The van der Waals surface area contributed by atoms with Crippen molar-refractivity contribution in [1.82, 2.24) is 0 Å². The third-order valence-electron chi connectivity index (χ3n) is 5.42. The number of carbonyl (C=O) groups is 1. The normalized spacial score (nSPS) is 18.7. The number of allylic oxidation sites excluding steroid dienone is 2. The van der Waals surface area contributed by atoms with E-state index in [1.165, 1.54) is 6.07 Å². The van der Waals surface area contributed by atoms with Crippen LogP contribution in [0, 0.1) is 0 Å². The quantitative estimate of drug-likeness (QED) is 0.659. The van der Waals surface area contributed by atoms with Gasteiger partial charge < -0.3 is 19.7 Å². The summed E-state index contributed by atoms with van der Waals surface area (Å²) >= 11 is 0. The lowest BCUT2D eigenvalue weighted by molar-refractivity contribution is 0.0838. The number of phenols is 2. The van der Waals surface area contributed by atoms with Crippen LogP contribution in [-0.4, -0.2) is 21.6 Å². The summed E-state index contributed by atoms with van der Waals surface area (Å²) in [6.07, 6.45) is 5.78. The third-order valence-corrected chi connectivity index (χ3v) is 5.42. The number of ether oxygens (including phenoxy) is 2. The highest BCUT2D eigenvalue weighted by Crippen LogP contribution is 2.49. The highest BCUT2D eigenvalue weighted by Gasteiger charge is 2.36. The van der Waals surface area contributed by atoms with Gasteiger partial charge in [0, 0.05) is 11.6 Å². The molecule has 2 heterocycles.